The summed E-state index contributed by atoms with van der Waals surface area (Å²) in [5, 5.41) is 9.06. The van der Waals surface area contributed by atoms with Crippen LogP contribution in [0.2, 0.25) is 0 Å². The molecule has 19 heavy (non-hydrogen) atoms. The highest BCUT2D eigenvalue weighted by molar-refractivity contribution is 7.89. The van der Waals surface area contributed by atoms with Gasteiger partial charge in [0.25, 0.3) is 0 Å². The summed E-state index contributed by atoms with van der Waals surface area (Å²) in [5.74, 6) is -1.14. The van der Waals surface area contributed by atoms with Crippen molar-refractivity contribution in [2.75, 3.05) is 0 Å². The first-order chi connectivity index (χ1) is 8.77. The van der Waals surface area contributed by atoms with Crippen molar-refractivity contribution in [3.8, 4) is 0 Å². The second-order valence-corrected chi connectivity index (χ2v) is 7.57. The van der Waals surface area contributed by atoms with Crippen LogP contribution in [0.5, 0.6) is 0 Å². The van der Waals surface area contributed by atoms with E-state index in [2.05, 4.69) is 4.72 Å². The van der Waals surface area contributed by atoms with Crippen LogP contribution < -0.4 is 4.72 Å². The molecule has 0 aliphatic heterocycles. The average molecular weight is 305 g/mol. The van der Waals surface area contributed by atoms with Gasteiger partial charge < -0.3 is 5.11 Å². The standard InChI is InChI=1S/C12H19NO4S2/c1-4-5-6-10(12(14)15)13-19(16,17)11-7-8(2)18-9(11)3/h7,10,13H,4-6H2,1-3H3,(H,14,15). The fourth-order valence-corrected chi connectivity index (χ4v) is 4.54. The van der Waals surface area contributed by atoms with Gasteiger partial charge in [0.15, 0.2) is 0 Å². The van der Waals surface area contributed by atoms with Crippen molar-refractivity contribution < 1.29 is 18.3 Å². The maximum absolute atomic E-state index is 12.2. The number of carboxylic acids is 1. The number of sulfonamides is 1. The van der Waals surface area contributed by atoms with Crippen molar-refractivity contribution in [1.29, 1.82) is 0 Å². The number of aryl methyl sites for hydroxylation is 2. The van der Waals surface area contributed by atoms with Gasteiger partial charge in [-0.25, -0.2) is 8.42 Å². The van der Waals surface area contributed by atoms with Gasteiger partial charge in [0.05, 0.1) is 4.90 Å². The average Bonchev–Trinajstić information content (AvgIpc) is 2.64. The molecule has 1 rings (SSSR count). The quantitative estimate of drug-likeness (QED) is 0.809. The molecule has 1 heterocycles. The van der Waals surface area contributed by atoms with E-state index in [-0.39, 0.29) is 4.90 Å². The fourth-order valence-electron chi connectivity index (χ4n) is 1.77. The molecule has 0 aliphatic carbocycles. The van der Waals surface area contributed by atoms with Crippen LogP contribution >= 0.6 is 11.3 Å². The number of hydrogen-bond donors (Lipinski definition) is 2. The number of hydrogen-bond acceptors (Lipinski definition) is 4. The number of rotatable bonds is 7. The zero-order valence-electron chi connectivity index (χ0n) is 11.3. The van der Waals surface area contributed by atoms with Crippen molar-refractivity contribution >= 4 is 27.3 Å². The Hall–Kier alpha value is -0.920. The van der Waals surface area contributed by atoms with Crippen LogP contribution in [0, 0.1) is 13.8 Å². The van der Waals surface area contributed by atoms with E-state index in [1.165, 1.54) is 11.3 Å². The van der Waals surface area contributed by atoms with Gasteiger partial charge in [-0.1, -0.05) is 19.8 Å². The molecular weight excluding hydrogens is 286 g/mol. The molecule has 5 nitrogen and oxygen atoms in total. The smallest absolute Gasteiger partial charge is 0.321 e. The Morgan fingerprint density at radius 3 is 2.53 bits per heavy atom. The normalized spacial score (nSPS) is 13.4. The van der Waals surface area contributed by atoms with Crippen LogP contribution in [0.3, 0.4) is 0 Å². The van der Waals surface area contributed by atoms with Crippen LogP contribution in [-0.4, -0.2) is 25.5 Å². The van der Waals surface area contributed by atoms with Crippen molar-refractivity contribution in [2.45, 2.75) is 51.0 Å². The maximum atomic E-state index is 12.2. The van der Waals surface area contributed by atoms with Gasteiger partial charge in [-0.05, 0) is 26.3 Å². The van der Waals surface area contributed by atoms with Crippen LogP contribution in [-0.2, 0) is 14.8 Å². The van der Waals surface area contributed by atoms with E-state index in [0.29, 0.717) is 17.7 Å². The van der Waals surface area contributed by atoms with Crippen molar-refractivity contribution in [2.24, 2.45) is 0 Å². The minimum absolute atomic E-state index is 0.178. The Labute approximate surface area is 117 Å². The molecule has 0 fully saturated rings. The predicted molar refractivity (Wildman–Crippen MR) is 75.1 cm³/mol. The number of carbonyl (C=O) groups is 1. The SMILES string of the molecule is CCCCC(NS(=O)(=O)c1cc(C)sc1C)C(=O)O. The van der Waals surface area contributed by atoms with E-state index < -0.39 is 22.0 Å². The zero-order chi connectivity index (χ0) is 14.6. The molecule has 2 N–H and O–H groups in total. The summed E-state index contributed by atoms with van der Waals surface area (Å²) in [7, 11) is -3.77. The second kappa shape index (κ2) is 6.49. The molecule has 0 saturated heterocycles. The summed E-state index contributed by atoms with van der Waals surface area (Å²) in [4.78, 5) is 12.8. The van der Waals surface area contributed by atoms with Crippen LogP contribution in [0.15, 0.2) is 11.0 Å². The molecule has 1 aromatic heterocycles. The molecule has 0 saturated carbocycles. The molecule has 0 spiro atoms. The third kappa shape index (κ3) is 4.29. The highest BCUT2D eigenvalue weighted by Gasteiger charge is 2.26. The number of carboxylic acid groups (broad SMARTS) is 1. The van der Waals surface area contributed by atoms with Gasteiger partial charge in [0.2, 0.25) is 10.0 Å². The van der Waals surface area contributed by atoms with Crippen LogP contribution in [0.25, 0.3) is 0 Å². The van der Waals surface area contributed by atoms with E-state index in [0.717, 1.165) is 11.3 Å². The topological polar surface area (TPSA) is 83.5 Å². The van der Waals surface area contributed by atoms with Crippen molar-refractivity contribution in [3.05, 3.63) is 15.8 Å². The van der Waals surface area contributed by atoms with E-state index in [1.807, 2.05) is 13.8 Å². The Balaban J connectivity index is 2.94. The van der Waals surface area contributed by atoms with Crippen LogP contribution in [0.1, 0.15) is 35.9 Å². The summed E-state index contributed by atoms with van der Waals surface area (Å²) in [6.45, 7) is 5.47. The highest BCUT2D eigenvalue weighted by Crippen LogP contribution is 2.25. The molecule has 0 amide bonds. The molecule has 7 heteroatoms. The van der Waals surface area contributed by atoms with Gasteiger partial charge in [-0.15, -0.1) is 11.3 Å². The summed E-state index contributed by atoms with van der Waals surface area (Å²) in [6, 6.07) is 0.505. The minimum Gasteiger partial charge on any atom is -0.480 e. The van der Waals surface area contributed by atoms with E-state index in [1.54, 1.807) is 13.0 Å². The highest BCUT2D eigenvalue weighted by atomic mass is 32.2. The van der Waals surface area contributed by atoms with Crippen molar-refractivity contribution in [3.63, 3.8) is 0 Å². The largest absolute Gasteiger partial charge is 0.480 e. The maximum Gasteiger partial charge on any atom is 0.321 e. The molecule has 1 aromatic rings. The third-order valence-electron chi connectivity index (χ3n) is 2.73. The Morgan fingerprint density at radius 2 is 2.11 bits per heavy atom. The molecule has 0 aromatic carbocycles. The lowest BCUT2D eigenvalue weighted by atomic mass is 10.1. The molecule has 0 radical (unpaired) electrons. The first-order valence-electron chi connectivity index (χ1n) is 6.10. The van der Waals surface area contributed by atoms with E-state index in [4.69, 9.17) is 5.11 Å². The lowest BCUT2D eigenvalue weighted by Crippen LogP contribution is -2.40. The van der Waals surface area contributed by atoms with Gasteiger partial charge in [0.1, 0.15) is 6.04 Å². The summed E-state index contributed by atoms with van der Waals surface area (Å²) in [6.07, 6.45) is 1.79. The van der Waals surface area contributed by atoms with Crippen molar-refractivity contribution in [1.82, 2.24) is 4.72 Å². The third-order valence-corrected chi connectivity index (χ3v) is 5.42. The Morgan fingerprint density at radius 1 is 1.47 bits per heavy atom. The predicted octanol–water partition coefficient (Wildman–Crippen LogP) is 2.29. The molecule has 0 aliphatic rings. The molecule has 0 bridgehead atoms. The molecular formula is C12H19NO4S2. The monoisotopic (exact) mass is 305 g/mol. The number of nitrogens with one attached hydrogen (secondary N) is 1. The zero-order valence-corrected chi connectivity index (χ0v) is 12.9. The minimum atomic E-state index is -3.77. The molecule has 108 valence electrons. The fraction of sp³-hybridized carbons (Fsp3) is 0.583. The first kappa shape index (κ1) is 16.1. The summed E-state index contributed by atoms with van der Waals surface area (Å²) < 4.78 is 26.6. The van der Waals surface area contributed by atoms with E-state index in [9.17, 15) is 13.2 Å². The summed E-state index contributed by atoms with van der Waals surface area (Å²) in [5.41, 5.74) is 0. The number of unbranched alkanes of at least 4 members (excludes halogenated alkanes) is 1. The molecule has 1 atom stereocenters. The van der Waals surface area contributed by atoms with Crippen LogP contribution in [0.4, 0.5) is 0 Å². The van der Waals surface area contributed by atoms with E-state index >= 15 is 0 Å². The van der Waals surface area contributed by atoms with Gasteiger partial charge in [-0.2, -0.15) is 4.72 Å². The van der Waals surface area contributed by atoms with Gasteiger partial charge in [0, 0.05) is 9.75 Å². The van der Waals surface area contributed by atoms with Gasteiger partial charge >= 0.3 is 5.97 Å². The first-order valence-corrected chi connectivity index (χ1v) is 8.40. The second-order valence-electron chi connectivity index (χ2n) is 4.43. The number of thiophene rings is 1. The number of aliphatic carboxylic acids is 1. The summed E-state index contributed by atoms with van der Waals surface area (Å²) >= 11 is 1.38. The lowest BCUT2D eigenvalue weighted by molar-refractivity contribution is -0.139. The Kier molecular flexibility index (Phi) is 5.51. The lowest BCUT2D eigenvalue weighted by Gasteiger charge is -2.14. The Bertz CT molecular complexity index is 548. The molecule has 1 unspecified atom stereocenters. The van der Waals surface area contributed by atoms with Gasteiger partial charge in [-0.3, -0.25) is 4.79 Å².